The van der Waals surface area contributed by atoms with Crippen molar-refractivity contribution in [3.63, 3.8) is 0 Å². The van der Waals surface area contributed by atoms with Gasteiger partial charge >= 0.3 is 5.76 Å². The molecule has 1 aliphatic heterocycles. The molecule has 1 aliphatic rings. The average molecular weight is 250 g/mol. The van der Waals surface area contributed by atoms with Gasteiger partial charge in [-0.1, -0.05) is 0 Å². The molecule has 94 valence electrons. The van der Waals surface area contributed by atoms with Crippen molar-refractivity contribution in [1.29, 1.82) is 0 Å². The number of carbonyl (C=O) groups is 1. The summed E-state index contributed by atoms with van der Waals surface area (Å²) >= 11 is 0. The summed E-state index contributed by atoms with van der Waals surface area (Å²) < 4.78 is 19.6. The molecular formula is C12H11FN2O3. The van der Waals surface area contributed by atoms with Crippen LogP contribution in [0.3, 0.4) is 0 Å². The summed E-state index contributed by atoms with van der Waals surface area (Å²) in [6.07, 6.45) is 0.383. The van der Waals surface area contributed by atoms with E-state index in [1.807, 2.05) is 0 Å². The van der Waals surface area contributed by atoms with Crippen molar-refractivity contribution in [2.24, 2.45) is 5.92 Å². The number of oxazole rings is 1. The molecule has 0 saturated carbocycles. The molecule has 1 unspecified atom stereocenters. The topological polar surface area (TPSA) is 64.2 Å². The summed E-state index contributed by atoms with van der Waals surface area (Å²) in [5.74, 6) is -0.918. The first kappa shape index (κ1) is 11.0. The van der Waals surface area contributed by atoms with Crippen molar-refractivity contribution in [3.8, 4) is 0 Å². The minimum absolute atomic E-state index is 0.0213. The largest absolute Gasteiger partial charge is 0.419 e. The molecule has 2 aromatic rings. The van der Waals surface area contributed by atoms with Gasteiger partial charge < -0.3 is 9.73 Å². The molecule has 1 aromatic carbocycles. The van der Waals surface area contributed by atoms with Crippen LogP contribution >= 0.6 is 0 Å². The fourth-order valence-corrected chi connectivity index (χ4v) is 2.26. The van der Waals surface area contributed by atoms with E-state index in [9.17, 15) is 14.0 Å². The monoisotopic (exact) mass is 250 g/mol. The smallest absolute Gasteiger partial charge is 0.408 e. The summed E-state index contributed by atoms with van der Waals surface area (Å²) in [4.78, 5) is 22.8. The summed E-state index contributed by atoms with van der Waals surface area (Å²) in [7, 11) is 0. The lowest BCUT2D eigenvalue weighted by molar-refractivity contribution is -0.119. The van der Waals surface area contributed by atoms with E-state index in [0.29, 0.717) is 30.6 Å². The van der Waals surface area contributed by atoms with Crippen LogP contribution in [0.4, 0.5) is 4.39 Å². The molecule has 1 amide bonds. The highest BCUT2D eigenvalue weighted by molar-refractivity contribution is 5.78. The van der Waals surface area contributed by atoms with E-state index in [1.54, 1.807) is 0 Å². The van der Waals surface area contributed by atoms with Gasteiger partial charge in [-0.3, -0.25) is 9.36 Å². The number of halogens is 1. The molecule has 0 bridgehead atoms. The fourth-order valence-electron chi connectivity index (χ4n) is 2.26. The summed E-state index contributed by atoms with van der Waals surface area (Å²) in [6, 6.07) is 3.95. The number of fused-ring (bicyclic) bond motifs is 1. The first-order valence-electron chi connectivity index (χ1n) is 5.69. The van der Waals surface area contributed by atoms with Crippen molar-refractivity contribution in [2.75, 3.05) is 6.54 Å². The summed E-state index contributed by atoms with van der Waals surface area (Å²) in [6.45, 7) is 0.890. The third-order valence-corrected chi connectivity index (χ3v) is 3.13. The molecule has 18 heavy (non-hydrogen) atoms. The number of hydrogen-bond donors (Lipinski definition) is 1. The second kappa shape index (κ2) is 3.97. The van der Waals surface area contributed by atoms with Gasteiger partial charge in [0.25, 0.3) is 0 Å². The van der Waals surface area contributed by atoms with Crippen molar-refractivity contribution < 1.29 is 13.6 Å². The highest BCUT2D eigenvalue weighted by Crippen LogP contribution is 2.18. The fraction of sp³-hybridized carbons (Fsp3) is 0.333. The molecule has 0 spiro atoms. The Balaban J connectivity index is 2.00. The molecule has 6 heteroatoms. The number of nitrogens with one attached hydrogen (secondary N) is 1. The third kappa shape index (κ3) is 1.79. The number of nitrogens with zero attached hydrogens (tertiary/aromatic N) is 1. The molecule has 1 aromatic heterocycles. The summed E-state index contributed by atoms with van der Waals surface area (Å²) in [5, 5.41) is 2.70. The number of carbonyl (C=O) groups excluding carboxylic acids is 1. The normalized spacial score (nSPS) is 19.4. The van der Waals surface area contributed by atoms with Crippen molar-refractivity contribution >= 4 is 17.0 Å². The van der Waals surface area contributed by atoms with Crippen molar-refractivity contribution in [2.45, 2.75) is 13.0 Å². The van der Waals surface area contributed by atoms with Crippen LogP contribution in [0.5, 0.6) is 0 Å². The third-order valence-electron chi connectivity index (χ3n) is 3.13. The minimum atomic E-state index is -0.519. The van der Waals surface area contributed by atoms with Crippen molar-refractivity contribution in [3.05, 3.63) is 34.6 Å². The van der Waals surface area contributed by atoms with Crippen LogP contribution in [0.15, 0.2) is 27.4 Å². The maximum absolute atomic E-state index is 13.2. The maximum Gasteiger partial charge on any atom is 0.419 e. The SMILES string of the molecule is O=C1CC(Cn2c(=O)oc3ccc(F)cc32)CN1. The quantitative estimate of drug-likeness (QED) is 0.860. The highest BCUT2D eigenvalue weighted by Gasteiger charge is 2.23. The van der Waals surface area contributed by atoms with E-state index >= 15 is 0 Å². The number of rotatable bonds is 2. The van der Waals surface area contributed by atoms with Gasteiger partial charge in [0, 0.05) is 31.5 Å². The molecule has 0 aliphatic carbocycles. The zero-order valence-corrected chi connectivity index (χ0v) is 9.48. The summed E-state index contributed by atoms with van der Waals surface area (Å²) in [5.41, 5.74) is 0.790. The second-order valence-corrected chi connectivity index (χ2v) is 4.46. The van der Waals surface area contributed by atoms with Crippen LogP contribution < -0.4 is 11.1 Å². The Morgan fingerprint density at radius 1 is 1.44 bits per heavy atom. The van der Waals surface area contributed by atoms with Gasteiger partial charge in [-0.2, -0.15) is 0 Å². The molecule has 1 atom stereocenters. The van der Waals surface area contributed by atoms with E-state index in [1.165, 1.54) is 22.8 Å². The van der Waals surface area contributed by atoms with Gasteiger partial charge in [0.15, 0.2) is 5.58 Å². The minimum Gasteiger partial charge on any atom is -0.408 e. The standard InChI is InChI=1S/C12H11FN2O3/c13-8-1-2-10-9(4-8)15(12(17)18-10)6-7-3-11(16)14-5-7/h1-2,4,7H,3,5-6H2,(H,14,16). The Labute approximate surface area is 101 Å². The molecule has 2 heterocycles. The maximum atomic E-state index is 13.2. The van der Waals surface area contributed by atoms with Gasteiger partial charge in [0.1, 0.15) is 5.82 Å². The van der Waals surface area contributed by atoms with Crippen LogP contribution in [0.25, 0.3) is 11.1 Å². The van der Waals surface area contributed by atoms with Crippen LogP contribution in [-0.2, 0) is 11.3 Å². The Hall–Kier alpha value is -2.11. The van der Waals surface area contributed by atoms with Gasteiger partial charge in [-0.15, -0.1) is 0 Å². The molecule has 3 rings (SSSR count). The Morgan fingerprint density at radius 2 is 2.28 bits per heavy atom. The predicted molar refractivity (Wildman–Crippen MR) is 61.5 cm³/mol. The molecule has 1 N–H and O–H groups in total. The first-order chi connectivity index (χ1) is 8.63. The second-order valence-electron chi connectivity index (χ2n) is 4.46. The van der Waals surface area contributed by atoms with Gasteiger partial charge in [0.2, 0.25) is 5.91 Å². The van der Waals surface area contributed by atoms with Crippen LogP contribution in [0.2, 0.25) is 0 Å². The van der Waals surface area contributed by atoms with E-state index in [-0.39, 0.29) is 11.8 Å². The number of aromatic nitrogens is 1. The van der Waals surface area contributed by atoms with E-state index in [0.717, 1.165) is 0 Å². The number of benzene rings is 1. The zero-order valence-electron chi connectivity index (χ0n) is 9.48. The van der Waals surface area contributed by atoms with Gasteiger partial charge in [-0.05, 0) is 12.1 Å². The van der Waals surface area contributed by atoms with Crippen LogP contribution in [0.1, 0.15) is 6.42 Å². The molecule has 1 fully saturated rings. The molecule has 5 nitrogen and oxygen atoms in total. The average Bonchev–Trinajstić information content (AvgIpc) is 2.86. The van der Waals surface area contributed by atoms with E-state index in [2.05, 4.69) is 5.32 Å². The molecule has 0 radical (unpaired) electrons. The number of hydrogen-bond acceptors (Lipinski definition) is 3. The first-order valence-corrected chi connectivity index (χ1v) is 5.69. The lowest BCUT2D eigenvalue weighted by Gasteiger charge is -2.07. The van der Waals surface area contributed by atoms with Gasteiger partial charge in [-0.25, -0.2) is 9.18 Å². The molecular weight excluding hydrogens is 239 g/mol. The van der Waals surface area contributed by atoms with Crippen molar-refractivity contribution in [1.82, 2.24) is 9.88 Å². The highest BCUT2D eigenvalue weighted by atomic mass is 19.1. The van der Waals surface area contributed by atoms with Gasteiger partial charge in [0.05, 0.1) is 5.52 Å². The Morgan fingerprint density at radius 3 is 3.00 bits per heavy atom. The lowest BCUT2D eigenvalue weighted by Crippen LogP contribution is -2.21. The Bertz CT molecular complexity index is 674. The van der Waals surface area contributed by atoms with Crippen LogP contribution in [-0.4, -0.2) is 17.0 Å². The van der Waals surface area contributed by atoms with E-state index in [4.69, 9.17) is 4.42 Å². The lowest BCUT2D eigenvalue weighted by atomic mass is 10.1. The molecule has 1 saturated heterocycles. The Kier molecular flexibility index (Phi) is 2.43. The number of amides is 1. The van der Waals surface area contributed by atoms with Crippen LogP contribution in [0, 0.1) is 11.7 Å². The van der Waals surface area contributed by atoms with E-state index < -0.39 is 11.6 Å². The zero-order chi connectivity index (χ0) is 12.7. The predicted octanol–water partition coefficient (Wildman–Crippen LogP) is 0.870.